The number of halogens is 1. The van der Waals surface area contributed by atoms with Crippen LogP contribution in [0.15, 0.2) is 18.2 Å². The van der Waals surface area contributed by atoms with Crippen LogP contribution in [0.3, 0.4) is 0 Å². The smallest absolute Gasteiger partial charge is 0.326 e. The van der Waals surface area contributed by atoms with Crippen molar-refractivity contribution in [3.05, 3.63) is 35.3 Å². The van der Waals surface area contributed by atoms with Crippen molar-refractivity contribution in [2.45, 2.75) is 32.2 Å². The van der Waals surface area contributed by atoms with Gasteiger partial charge in [-0.1, -0.05) is 6.42 Å². The predicted octanol–water partition coefficient (Wildman–Crippen LogP) is 2.94. The van der Waals surface area contributed by atoms with Gasteiger partial charge in [0.15, 0.2) is 0 Å². The highest BCUT2D eigenvalue weighted by molar-refractivity contribution is 6.00. The van der Waals surface area contributed by atoms with E-state index in [1.54, 1.807) is 13.0 Å². The van der Waals surface area contributed by atoms with Gasteiger partial charge in [0.1, 0.15) is 17.6 Å². The average Bonchev–Trinajstić information content (AvgIpc) is 3.18. The van der Waals surface area contributed by atoms with E-state index in [1.165, 1.54) is 17.0 Å². The number of rotatable bonds is 2. The summed E-state index contributed by atoms with van der Waals surface area (Å²) in [5.74, 6) is -1.28. The number of nitrogens with one attached hydrogen (secondary N) is 1. The van der Waals surface area contributed by atoms with Gasteiger partial charge < -0.3 is 15.0 Å². The third-order valence-electron chi connectivity index (χ3n) is 5.54. The van der Waals surface area contributed by atoms with Crippen LogP contribution in [0.4, 0.5) is 4.39 Å². The Morgan fingerprint density at radius 1 is 1.29 bits per heavy atom. The largest absolute Gasteiger partial charge is 0.480 e. The quantitative estimate of drug-likeness (QED) is 0.889. The molecule has 4 rings (SSSR count). The Hall–Kier alpha value is -2.37. The Kier molecular flexibility index (Phi) is 3.37. The van der Waals surface area contributed by atoms with Gasteiger partial charge in [-0.3, -0.25) is 4.79 Å². The first-order chi connectivity index (χ1) is 11.5. The molecule has 1 amide bonds. The lowest BCUT2D eigenvalue weighted by Crippen LogP contribution is -2.43. The van der Waals surface area contributed by atoms with Crippen molar-refractivity contribution in [2.75, 3.05) is 6.54 Å². The average molecular weight is 330 g/mol. The molecule has 1 aromatic carbocycles. The molecule has 0 bridgehead atoms. The Labute approximate surface area is 138 Å². The number of aromatic nitrogens is 1. The Bertz CT molecular complexity index is 844. The van der Waals surface area contributed by atoms with Crippen LogP contribution in [-0.2, 0) is 4.79 Å². The minimum atomic E-state index is -0.934. The van der Waals surface area contributed by atoms with Gasteiger partial charge in [0, 0.05) is 17.4 Å². The highest BCUT2D eigenvalue weighted by atomic mass is 19.1. The summed E-state index contributed by atoms with van der Waals surface area (Å²) in [5.41, 5.74) is 1.63. The van der Waals surface area contributed by atoms with E-state index in [0.717, 1.165) is 30.2 Å². The second-order valence-electron chi connectivity index (χ2n) is 6.96. The molecule has 0 radical (unpaired) electrons. The molecule has 24 heavy (non-hydrogen) atoms. The van der Waals surface area contributed by atoms with Crippen LogP contribution >= 0.6 is 0 Å². The first kappa shape index (κ1) is 15.2. The van der Waals surface area contributed by atoms with Crippen LogP contribution < -0.4 is 0 Å². The van der Waals surface area contributed by atoms with Crippen LogP contribution in [0.25, 0.3) is 10.9 Å². The number of aliphatic carboxylic acids is 1. The number of carbonyl (C=O) groups excluding carboxylic acids is 1. The van der Waals surface area contributed by atoms with E-state index in [4.69, 9.17) is 0 Å². The third kappa shape index (κ3) is 2.20. The fourth-order valence-corrected chi connectivity index (χ4v) is 4.48. The lowest BCUT2D eigenvalue weighted by molar-refractivity contribution is -0.142. The zero-order chi connectivity index (χ0) is 17.0. The molecular weight excluding hydrogens is 311 g/mol. The summed E-state index contributed by atoms with van der Waals surface area (Å²) >= 11 is 0. The molecule has 2 N–H and O–H groups in total. The maximum absolute atomic E-state index is 13.5. The molecule has 6 heteroatoms. The van der Waals surface area contributed by atoms with E-state index in [1.807, 2.05) is 0 Å². The van der Waals surface area contributed by atoms with Gasteiger partial charge in [-0.25, -0.2) is 9.18 Å². The number of nitrogens with zero attached hydrogens (tertiary/aromatic N) is 1. The number of H-pyrrole nitrogens is 1. The SMILES string of the molecule is Cc1cc(F)cc2[nH]c(C(=O)N3CC4CCCC4C3C(=O)O)cc12. The maximum Gasteiger partial charge on any atom is 0.326 e. The number of amides is 1. The molecule has 1 saturated heterocycles. The van der Waals surface area contributed by atoms with Gasteiger partial charge in [0.2, 0.25) is 0 Å². The van der Waals surface area contributed by atoms with Crippen LogP contribution in [0.5, 0.6) is 0 Å². The number of aromatic amines is 1. The number of carbonyl (C=O) groups is 2. The van der Waals surface area contributed by atoms with Crippen molar-refractivity contribution in [3.8, 4) is 0 Å². The molecule has 5 nitrogen and oxygen atoms in total. The first-order valence-electron chi connectivity index (χ1n) is 8.28. The highest BCUT2D eigenvalue weighted by Crippen LogP contribution is 2.42. The number of aryl methyl sites for hydroxylation is 1. The van der Waals surface area contributed by atoms with Gasteiger partial charge in [-0.15, -0.1) is 0 Å². The highest BCUT2D eigenvalue weighted by Gasteiger charge is 2.49. The third-order valence-corrected chi connectivity index (χ3v) is 5.54. The molecule has 1 aliphatic carbocycles. The molecule has 1 aliphatic heterocycles. The van der Waals surface area contributed by atoms with E-state index in [9.17, 15) is 19.1 Å². The minimum Gasteiger partial charge on any atom is -0.480 e. The summed E-state index contributed by atoms with van der Waals surface area (Å²) in [7, 11) is 0. The molecule has 2 heterocycles. The van der Waals surface area contributed by atoms with E-state index >= 15 is 0 Å². The van der Waals surface area contributed by atoms with Crippen molar-refractivity contribution in [1.82, 2.24) is 9.88 Å². The lowest BCUT2D eigenvalue weighted by atomic mass is 9.94. The Morgan fingerprint density at radius 2 is 2.08 bits per heavy atom. The van der Waals surface area contributed by atoms with E-state index < -0.39 is 12.0 Å². The number of hydrogen-bond donors (Lipinski definition) is 2. The molecule has 2 aromatic rings. The number of hydrogen-bond acceptors (Lipinski definition) is 2. The molecule has 0 spiro atoms. The first-order valence-corrected chi connectivity index (χ1v) is 8.28. The fourth-order valence-electron chi connectivity index (χ4n) is 4.48. The molecule has 2 aliphatic rings. The molecule has 1 saturated carbocycles. The number of carboxylic acid groups (broad SMARTS) is 1. The summed E-state index contributed by atoms with van der Waals surface area (Å²) in [6, 6.07) is 3.71. The number of likely N-dealkylation sites (tertiary alicyclic amines) is 1. The Balaban J connectivity index is 1.70. The van der Waals surface area contributed by atoms with E-state index in [2.05, 4.69) is 4.98 Å². The van der Waals surface area contributed by atoms with Crippen molar-refractivity contribution < 1.29 is 19.1 Å². The van der Waals surface area contributed by atoms with Crippen LogP contribution in [0.1, 0.15) is 35.3 Å². The van der Waals surface area contributed by atoms with Crippen molar-refractivity contribution in [2.24, 2.45) is 11.8 Å². The van der Waals surface area contributed by atoms with Crippen molar-refractivity contribution >= 4 is 22.8 Å². The van der Waals surface area contributed by atoms with Gasteiger partial charge in [-0.2, -0.15) is 0 Å². The molecule has 3 unspecified atom stereocenters. The summed E-state index contributed by atoms with van der Waals surface area (Å²) < 4.78 is 13.5. The van der Waals surface area contributed by atoms with Crippen LogP contribution in [0.2, 0.25) is 0 Å². The molecular formula is C18H19FN2O3. The summed E-state index contributed by atoms with van der Waals surface area (Å²) in [5, 5.41) is 10.4. The summed E-state index contributed by atoms with van der Waals surface area (Å²) in [6.45, 7) is 2.27. The molecule has 1 aromatic heterocycles. The van der Waals surface area contributed by atoms with Gasteiger partial charge in [0.05, 0.1) is 0 Å². The zero-order valence-electron chi connectivity index (χ0n) is 13.4. The fraction of sp³-hybridized carbons (Fsp3) is 0.444. The monoisotopic (exact) mass is 330 g/mol. The molecule has 2 fully saturated rings. The van der Waals surface area contributed by atoms with E-state index in [0.29, 0.717) is 17.8 Å². The normalized spacial score (nSPS) is 26.1. The topological polar surface area (TPSA) is 73.4 Å². The second-order valence-corrected chi connectivity index (χ2v) is 6.96. The van der Waals surface area contributed by atoms with Gasteiger partial charge >= 0.3 is 5.97 Å². The van der Waals surface area contributed by atoms with Crippen molar-refractivity contribution in [1.29, 1.82) is 0 Å². The molecule has 3 atom stereocenters. The number of fused-ring (bicyclic) bond motifs is 2. The number of carboxylic acids is 1. The van der Waals surface area contributed by atoms with Crippen LogP contribution in [-0.4, -0.2) is 39.5 Å². The van der Waals surface area contributed by atoms with Gasteiger partial charge in [-0.05, 0) is 55.4 Å². The van der Waals surface area contributed by atoms with E-state index in [-0.39, 0.29) is 23.6 Å². The van der Waals surface area contributed by atoms with Gasteiger partial charge in [0.25, 0.3) is 5.91 Å². The second kappa shape index (κ2) is 5.33. The number of benzene rings is 1. The lowest BCUT2D eigenvalue weighted by Gasteiger charge is -2.23. The Morgan fingerprint density at radius 3 is 2.83 bits per heavy atom. The zero-order valence-corrected chi connectivity index (χ0v) is 13.4. The molecule has 126 valence electrons. The summed E-state index contributed by atoms with van der Waals surface area (Å²) in [6.07, 6.45) is 2.88. The standard InChI is InChI=1S/C18H19FN2O3/c1-9-5-11(19)6-14-13(9)7-15(20-14)17(22)21-8-10-3-2-4-12(10)16(21)18(23)24/h5-7,10,12,16,20H,2-4,8H2,1H3,(H,23,24). The maximum atomic E-state index is 13.5. The van der Waals surface area contributed by atoms with Crippen LogP contribution in [0, 0.1) is 24.6 Å². The minimum absolute atomic E-state index is 0.0509. The predicted molar refractivity (Wildman–Crippen MR) is 86.3 cm³/mol. The summed E-state index contributed by atoms with van der Waals surface area (Å²) in [4.78, 5) is 29.0. The van der Waals surface area contributed by atoms with Crippen molar-refractivity contribution in [3.63, 3.8) is 0 Å².